The van der Waals surface area contributed by atoms with E-state index in [-0.39, 0.29) is 29.3 Å². The Morgan fingerprint density at radius 1 is 1.23 bits per heavy atom. The molecule has 2 aliphatic rings. The Labute approximate surface area is 153 Å². The Kier molecular flexibility index (Phi) is 4.17. The number of anilines is 1. The van der Waals surface area contributed by atoms with Gasteiger partial charge in [-0.2, -0.15) is 0 Å². The van der Waals surface area contributed by atoms with Crippen molar-refractivity contribution in [2.45, 2.75) is 50.7 Å². The lowest BCUT2D eigenvalue weighted by molar-refractivity contribution is 0.0605. The van der Waals surface area contributed by atoms with Crippen molar-refractivity contribution in [1.29, 1.82) is 0 Å². The molecule has 0 bridgehead atoms. The van der Waals surface area contributed by atoms with Crippen molar-refractivity contribution >= 4 is 11.6 Å². The van der Waals surface area contributed by atoms with Crippen molar-refractivity contribution < 1.29 is 9.18 Å². The zero-order valence-corrected chi connectivity index (χ0v) is 15.2. The zero-order valence-electron chi connectivity index (χ0n) is 15.2. The van der Waals surface area contributed by atoms with Crippen LogP contribution in [0.25, 0.3) is 0 Å². The van der Waals surface area contributed by atoms with Crippen molar-refractivity contribution in [2.75, 3.05) is 11.4 Å². The lowest BCUT2D eigenvalue weighted by Gasteiger charge is -2.42. The molecule has 0 spiro atoms. The Balaban J connectivity index is 1.67. The summed E-state index contributed by atoms with van der Waals surface area (Å²) in [5.41, 5.74) is 1.40. The molecule has 2 aromatic rings. The van der Waals surface area contributed by atoms with Crippen molar-refractivity contribution in [3.63, 3.8) is 0 Å². The summed E-state index contributed by atoms with van der Waals surface area (Å²) in [5.74, 6) is -0.175. The van der Waals surface area contributed by atoms with Crippen LogP contribution < -0.4 is 4.90 Å². The fraction of sp³-hybridized carbons (Fsp3) is 0.429. The number of carbonyl (C=O) groups excluding carboxylic acids is 1. The fourth-order valence-corrected chi connectivity index (χ4v) is 4.72. The summed E-state index contributed by atoms with van der Waals surface area (Å²) in [5, 5.41) is 0. The van der Waals surface area contributed by atoms with Crippen LogP contribution in [0.15, 0.2) is 48.8 Å². The first-order valence-electron chi connectivity index (χ1n) is 9.23. The molecule has 0 aliphatic carbocycles. The van der Waals surface area contributed by atoms with Gasteiger partial charge in [-0.05, 0) is 63.4 Å². The van der Waals surface area contributed by atoms with Crippen molar-refractivity contribution in [2.24, 2.45) is 0 Å². The SMILES string of the molecule is CC1(C)C[C@H]2[C@H](CCCN2C(=O)c2cccnc2)N1c1cccc(F)c1. The number of aromatic nitrogens is 1. The molecular weight excluding hydrogens is 329 g/mol. The van der Waals surface area contributed by atoms with Crippen molar-refractivity contribution in [3.8, 4) is 0 Å². The molecule has 4 rings (SSSR count). The Morgan fingerprint density at radius 2 is 2.08 bits per heavy atom. The Morgan fingerprint density at radius 3 is 2.81 bits per heavy atom. The second-order valence-corrected chi connectivity index (χ2v) is 7.88. The number of pyridine rings is 1. The smallest absolute Gasteiger partial charge is 0.255 e. The topological polar surface area (TPSA) is 36.4 Å². The quantitative estimate of drug-likeness (QED) is 0.822. The van der Waals surface area contributed by atoms with E-state index in [1.165, 1.54) is 6.07 Å². The molecular formula is C21H24FN3O. The second-order valence-electron chi connectivity index (χ2n) is 7.88. The van der Waals surface area contributed by atoms with Crippen LogP contribution in [0, 0.1) is 5.82 Å². The highest BCUT2D eigenvalue weighted by atomic mass is 19.1. The number of halogens is 1. The van der Waals surface area contributed by atoms with Crippen LogP contribution in [-0.4, -0.2) is 40.0 Å². The number of benzene rings is 1. The number of fused-ring (bicyclic) bond motifs is 1. The average Bonchev–Trinajstić information content (AvgIpc) is 2.91. The minimum Gasteiger partial charge on any atom is -0.361 e. The van der Waals surface area contributed by atoms with E-state index in [9.17, 15) is 9.18 Å². The third kappa shape index (κ3) is 2.85. The molecule has 2 aliphatic heterocycles. The summed E-state index contributed by atoms with van der Waals surface area (Å²) in [6.45, 7) is 5.13. The maximum Gasteiger partial charge on any atom is 0.255 e. The summed E-state index contributed by atoms with van der Waals surface area (Å²) in [4.78, 5) is 21.5. The van der Waals surface area contributed by atoms with Crippen LogP contribution in [0.2, 0.25) is 0 Å². The molecule has 26 heavy (non-hydrogen) atoms. The molecule has 0 saturated carbocycles. The zero-order chi connectivity index (χ0) is 18.3. The van der Waals surface area contributed by atoms with Crippen molar-refractivity contribution in [3.05, 3.63) is 60.2 Å². The van der Waals surface area contributed by atoms with Gasteiger partial charge in [-0.3, -0.25) is 9.78 Å². The van der Waals surface area contributed by atoms with Gasteiger partial charge >= 0.3 is 0 Å². The van der Waals surface area contributed by atoms with Crippen LogP contribution in [0.4, 0.5) is 10.1 Å². The van der Waals surface area contributed by atoms with Gasteiger partial charge in [0.1, 0.15) is 5.82 Å². The highest BCUT2D eigenvalue weighted by Crippen LogP contribution is 2.44. The van der Waals surface area contributed by atoms with Gasteiger partial charge in [0, 0.05) is 30.2 Å². The molecule has 5 heteroatoms. The molecule has 1 aromatic heterocycles. The molecule has 0 unspecified atom stereocenters. The lowest BCUT2D eigenvalue weighted by Crippen LogP contribution is -2.52. The maximum absolute atomic E-state index is 13.8. The summed E-state index contributed by atoms with van der Waals surface area (Å²) in [6.07, 6.45) is 6.16. The standard InChI is InChI=1S/C21H24FN3O/c1-21(2)13-19-18(25(21)17-8-3-7-16(22)12-17)9-5-11-24(19)20(26)15-6-4-10-23-14-15/h3-4,6-8,10,12,14,18-19H,5,9,11,13H2,1-2H3/t18-,19-/m0/s1. The molecule has 4 nitrogen and oxygen atoms in total. The number of rotatable bonds is 2. The summed E-state index contributed by atoms with van der Waals surface area (Å²) >= 11 is 0. The van der Waals surface area contributed by atoms with Gasteiger partial charge in [0.05, 0.1) is 17.6 Å². The number of amides is 1. The van der Waals surface area contributed by atoms with Crippen LogP contribution in [0.3, 0.4) is 0 Å². The van der Waals surface area contributed by atoms with Gasteiger partial charge in [-0.1, -0.05) is 6.07 Å². The van der Waals surface area contributed by atoms with Crippen LogP contribution in [0.1, 0.15) is 43.5 Å². The van der Waals surface area contributed by atoms with Gasteiger partial charge in [0.15, 0.2) is 0 Å². The monoisotopic (exact) mass is 353 g/mol. The van der Waals surface area contributed by atoms with E-state index in [0.29, 0.717) is 5.56 Å². The first-order chi connectivity index (χ1) is 12.5. The lowest BCUT2D eigenvalue weighted by atomic mass is 9.93. The number of hydrogen-bond acceptors (Lipinski definition) is 3. The summed E-state index contributed by atoms with van der Waals surface area (Å²) in [7, 11) is 0. The van der Waals surface area contributed by atoms with Gasteiger partial charge < -0.3 is 9.80 Å². The van der Waals surface area contributed by atoms with Crippen LogP contribution in [0.5, 0.6) is 0 Å². The van der Waals surface area contributed by atoms with E-state index < -0.39 is 0 Å². The molecule has 3 heterocycles. The highest BCUT2D eigenvalue weighted by Gasteiger charge is 2.50. The van der Waals surface area contributed by atoms with E-state index in [1.54, 1.807) is 30.6 Å². The molecule has 0 N–H and O–H groups in total. The van der Waals surface area contributed by atoms with Gasteiger partial charge in [0.2, 0.25) is 0 Å². The predicted octanol–water partition coefficient (Wildman–Crippen LogP) is 3.88. The largest absolute Gasteiger partial charge is 0.361 e. The number of piperidine rings is 1. The third-order valence-corrected chi connectivity index (χ3v) is 5.69. The molecule has 2 saturated heterocycles. The predicted molar refractivity (Wildman–Crippen MR) is 99.7 cm³/mol. The Bertz CT molecular complexity index is 808. The summed E-state index contributed by atoms with van der Waals surface area (Å²) < 4.78 is 13.8. The average molecular weight is 353 g/mol. The molecule has 2 atom stereocenters. The first kappa shape index (κ1) is 17.0. The van der Waals surface area contributed by atoms with Crippen LogP contribution >= 0.6 is 0 Å². The molecule has 136 valence electrons. The number of likely N-dealkylation sites (tertiary alicyclic amines) is 1. The third-order valence-electron chi connectivity index (χ3n) is 5.69. The van der Waals surface area contributed by atoms with E-state index >= 15 is 0 Å². The van der Waals surface area contributed by atoms with E-state index in [0.717, 1.165) is 31.5 Å². The fourth-order valence-electron chi connectivity index (χ4n) is 4.72. The minimum absolute atomic E-state index is 0.0460. The molecule has 0 radical (unpaired) electrons. The van der Waals surface area contributed by atoms with E-state index in [4.69, 9.17) is 0 Å². The summed E-state index contributed by atoms with van der Waals surface area (Å²) in [6, 6.07) is 10.8. The first-order valence-corrected chi connectivity index (χ1v) is 9.23. The van der Waals surface area contributed by atoms with Gasteiger partial charge in [-0.15, -0.1) is 0 Å². The molecule has 1 aromatic carbocycles. The maximum atomic E-state index is 13.8. The number of carbonyl (C=O) groups is 1. The molecule has 1 amide bonds. The van der Waals surface area contributed by atoms with E-state index in [2.05, 4.69) is 23.7 Å². The van der Waals surface area contributed by atoms with Crippen LogP contribution in [-0.2, 0) is 0 Å². The number of nitrogens with zero attached hydrogens (tertiary/aromatic N) is 3. The minimum atomic E-state index is -0.221. The molecule has 2 fully saturated rings. The number of hydrogen-bond donors (Lipinski definition) is 0. The Hall–Kier alpha value is -2.43. The van der Waals surface area contributed by atoms with Crippen molar-refractivity contribution in [1.82, 2.24) is 9.88 Å². The van der Waals surface area contributed by atoms with E-state index in [1.807, 2.05) is 17.0 Å². The van der Waals surface area contributed by atoms with Gasteiger partial charge in [0.25, 0.3) is 5.91 Å². The highest BCUT2D eigenvalue weighted by molar-refractivity contribution is 5.94. The second kappa shape index (κ2) is 6.38. The van der Waals surface area contributed by atoms with Gasteiger partial charge in [-0.25, -0.2) is 4.39 Å². The normalized spacial score (nSPS) is 24.4.